The summed E-state index contributed by atoms with van der Waals surface area (Å²) in [5.74, 6) is -1.13. The molecule has 0 saturated heterocycles. The van der Waals surface area contributed by atoms with Crippen LogP contribution in [0.4, 0.5) is 0 Å². The van der Waals surface area contributed by atoms with Gasteiger partial charge in [0.2, 0.25) is 0 Å². The third kappa shape index (κ3) is 24.0. The Hall–Kier alpha value is -1.55. The lowest BCUT2D eigenvalue weighted by molar-refractivity contribution is -0.153. The average Bonchev–Trinajstić information content (AvgIpc) is 2.92. The Bertz CT molecular complexity index is 725. The largest absolute Gasteiger partial charge is 0.472 e. The lowest BCUT2D eigenvalue weighted by Gasteiger charge is -2.20. The van der Waals surface area contributed by atoms with Crippen LogP contribution in [0.25, 0.3) is 0 Å². The molecule has 3 unspecified atom stereocenters. The molecular weight excluding hydrogens is 527 g/mol. The van der Waals surface area contributed by atoms with E-state index in [4.69, 9.17) is 23.6 Å². The SMILES string of the molecule is CCCCCC/C=C\C/C=C\CCCCCCCC(=O)OC(CO)COP(=O)(O)OCC(CO)OC(=O)CC. The number of unbranched alkanes of at least 4 members (excludes halogenated alkanes) is 9. The second kappa shape index (κ2) is 25.4. The molecule has 0 aliphatic rings. The van der Waals surface area contributed by atoms with Crippen molar-refractivity contribution in [3.05, 3.63) is 24.3 Å². The quantitative estimate of drug-likeness (QED) is 0.0517. The number of phosphoric ester groups is 1. The first kappa shape index (κ1) is 37.5. The van der Waals surface area contributed by atoms with Crippen molar-refractivity contribution in [3.8, 4) is 0 Å². The van der Waals surface area contributed by atoms with E-state index in [0.29, 0.717) is 6.42 Å². The zero-order valence-electron chi connectivity index (χ0n) is 23.8. The molecule has 0 fully saturated rings. The summed E-state index contributed by atoms with van der Waals surface area (Å²) in [5, 5.41) is 18.6. The van der Waals surface area contributed by atoms with Crippen LogP contribution in [0.3, 0.4) is 0 Å². The van der Waals surface area contributed by atoms with E-state index in [2.05, 4.69) is 31.2 Å². The zero-order valence-corrected chi connectivity index (χ0v) is 24.7. The molecule has 0 aliphatic heterocycles. The molecular formula is C28H51O10P. The minimum atomic E-state index is -4.59. The summed E-state index contributed by atoms with van der Waals surface area (Å²) in [6.45, 7) is 1.46. The summed E-state index contributed by atoms with van der Waals surface area (Å²) in [4.78, 5) is 33.0. The highest BCUT2D eigenvalue weighted by Gasteiger charge is 2.27. The van der Waals surface area contributed by atoms with Gasteiger partial charge in [-0.15, -0.1) is 0 Å². The van der Waals surface area contributed by atoms with Crippen LogP contribution in [0.2, 0.25) is 0 Å². The van der Waals surface area contributed by atoms with E-state index in [1.165, 1.54) is 32.1 Å². The van der Waals surface area contributed by atoms with Gasteiger partial charge in [-0.25, -0.2) is 4.57 Å². The number of aliphatic hydroxyl groups is 2. The summed E-state index contributed by atoms with van der Waals surface area (Å²) in [6.07, 6.45) is 20.0. The van der Waals surface area contributed by atoms with Crippen molar-refractivity contribution < 1.29 is 47.8 Å². The molecule has 0 amide bonds. The van der Waals surface area contributed by atoms with Crippen LogP contribution in [0.1, 0.15) is 104 Å². The number of ether oxygens (including phenoxy) is 2. The number of carbonyl (C=O) groups excluding carboxylic acids is 2. The van der Waals surface area contributed by atoms with Crippen molar-refractivity contribution in [2.45, 2.75) is 116 Å². The lowest BCUT2D eigenvalue weighted by Crippen LogP contribution is -2.28. The molecule has 3 atom stereocenters. The number of allylic oxidation sites excluding steroid dienone is 4. The normalized spacial score (nSPS) is 14.9. The number of carbonyl (C=O) groups is 2. The van der Waals surface area contributed by atoms with Gasteiger partial charge >= 0.3 is 19.8 Å². The van der Waals surface area contributed by atoms with E-state index in [9.17, 15) is 24.2 Å². The highest BCUT2D eigenvalue weighted by atomic mass is 31.2. The Morgan fingerprint density at radius 1 is 0.718 bits per heavy atom. The van der Waals surface area contributed by atoms with Gasteiger partial charge in [0, 0.05) is 12.8 Å². The molecule has 39 heavy (non-hydrogen) atoms. The van der Waals surface area contributed by atoms with E-state index >= 15 is 0 Å². The Labute approximate surface area is 234 Å². The third-order valence-corrected chi connectivity index (χ3v) is 6.67. The van der Waals surface area contributed by atoms with Gasteiger partial charge in [0.25, 0.3) is 0 Å². The van der Waals surface area contributed by atoms with Crippen molar-refractivity contribution >= 4 is 19.8 Å². The molecule has 0 aromatic rings. The van der Waals surface area contributed by atoms with Crippen LogP contribution in [-0.2, 0) is 32.7 Å². The first-order chi connectivity index (χ1) is 18.8. The van der Waals surface area contributed by atoms with Gasteiger partial charge in [0.05, 0.1) is 26.4 Å². The summed E-state index contributed by atoms with van der Waals surface area (Å²) in [7, 11) is -4.59. The van der Waals surface area contributed by atoms with Gasteiger partial charge in [0.15, 0.2) is 0 Å². The van der Waals surface area contributed by atoms with E-state index in [-0.39, 0.29) is 12.8 Å². The lowest BCUT2D eigenvalue weighted by atomic mass is 10.1. The van der Waals surface area contributed by atoms with Gasteiger partial charge in [-0.1, -0.05) is 76.7 Å². The molecule has 0 rings (SSSR count). The molecule has 0 radical (unpaired) electrons. The van der Waals surface area contributed by atoms with Crippen LogP contribution in [0.15, 0.2) is 24.3 Å². The van der Waals surface area contributed by atoms with Crippen LogP contribution in [0.5, 0.6) is 0 Å². The maximum Gasteiger partial charge on any atom is 0.472 e. The molecule has 3 N–H and O–H groups in total. The maximum atomic E-state index is 12.0. The van der Waals surface area contributed by atoms with Crippen molar-refractivity contribution in [2.24, 2.45) is 0 Å². The summed E-state index contributed by atoms with van der Waals surface area (Å²) < 4.78 is 31.4. The van der Waals surface area contributed by atoms with Crippen LogP contribution >= 0.6 is 7.82 Å². The van der Waals surface area contributed by atoms with Crippen molar-refractivity contribution in [2.75, 3.05) is 26.4 Å². The van der Waals surface area contributed by atoms with Gasteiger partial charge in [-0.05, 0) is 38.5 Å². The van der Waals surface area contributed by atoms with Gasteiger partial charge in [-0.3, -0.25) is 18.6 Å². The summed E-state index contributed by atoms with van der Waals surface area (Å²) in [5.41, 5.74) is 0. The molecule has 228 valence electrons. The average molecular weight is 579 g/mol. The first-order valence-corrected chi connectivity index (χ1v) is 15.8. The zero-order chi connectivity index (χ0) is 29.2. The third-order valence-electron chi connectivity index (χ3n) is 5.72. The minimum Gasteiger partial charge on any atom is -0.457 e. The summed E-state index contributed by atoms with van der Waals surface area (Å²) >= 11 is 0. The second-order valence-electron chi connectivity index (χ2n) is 9.34. The van der Waals surface area contributed by atoms with Crippen LogP contribution in [-0.4, -0.2) is 65.7 Å². The van der Waals surface area contributed by atoms with Crippen LogP contribution in [0, 0.1) is 0 Å². The molecule has 0 bridgehead atoms. The number of esters is 2. The number of aliphatic hydroxyl groups excluding tert-OH is 2. The van der Waals surface area contributed by atoms with E-state index in [1.54, 1.807) is 6.92 Å². The highest BCUT2D eigenvalue weighted by molar-refractivity contribution is 7.47. The Kier molecular flexibility index (Phi) is 24.4. The van der Waals surface area contributed by atoms with Crippen molar-refractivity contribution in [1.29, 1.82) is 0 Å². The fourth-order valence-corrected chi connectivity index (χ4v) is 4.20. The Morgan fingerprint density at radius 3 is 1.72 bits per heavy atom. The van der Waals surface area contributed by atoms with Crippen LogP contribution < -0.4 is 0 Å². The smallest absolute Gasteiger partial charge is 0.457 e. The highest BCUT2D eigenvalue weighted by Crippen LogP contribution is 2.43. The molecule has 0 aromatic heterocycles. The predicted molar refractivity (Wildman–Crippen MR) is 150 cm³/mol. The predicted octanol–water partition coefficient (Wildman–Crippen LogP) is 5.54. The Balaban J connectivity index is 3.92. The molecule has 10 nitrogen and oxygen atoms in total. The first-order valence-electron chi connectivity index (χ1n) is 14.3. The minimum absolute atomic E-state index is 0.0720. The molecule has 0 spiro atoms. The fourth-order valence-electron chi connectivity index (χ4n) is 3.41. The van der Waals surface area contributed by atoms with E-state index in [0.717, 1.165) is 38.5 Å². The van der Waals surface area contributed by atoms with Gasteiger partial charge in [0.1, 0.15) is 12.2 Å². The molecule has 0 aliphatic carbocycles. The second-order valence-corrected chi connectivity index (χ2v) is 10.8. The molecule has 11 heteroatoms. The monoisotopic (exact) mass is 578 g/mol. The molecule has 0 saturated carbocycles. The standard InChI is InChI=1S/C28H51O10P/c1-3-5-6-7-8-9-10-11-12-13-14-15-16-17-18-19-20-28(32)38-26(22-30)24-36-39(33,34)35-23-25(21-29)37-27(31)4-2/h9-10,12-13,25-26,29-30H,3-8,11,14-24H2,1-2H3,(H,33,34)/b10-9-,13-12-. The van der Waals surface area contributed by atoms with Crippen molar-refractivity contribution in [1.82, 2.24) is 0 Å². The Morgan fingerprint density at radius 2 is 1.21 bits per heavy atom. The summed E-state index contributed by atoms with van der Waals surface area (Å²) in [6, 6.07) is 0. The number of hydrogen-bond donors (Lipinski definition) is 3. The topological polar surface area (TPSA) is 149 Å². The number of hydrogen-bond acceptors (Lipinski definition) is 9. The van der Waals surface area contributed by atoms with E-state index in [1.807, 2.05) is 0 Å². The fraction of sp³-hybridized carbons (Fsp3) is 0.786. The number of phosphoric acid groups is 1. The maximum absolute atomic E-state index is 12.0. The van der Waals surface area contributed by atoms with E-state index < -0.39 is 58.4 Å². The van der Waals surface area contributed by atoms with Gasteiger partial charge in [-0.2, -0.15) is 0 Å². The molecule has 0 heterocycles. The number of rotatable bonds is 26. The van der Waals surface area contributed by atoms with Gasteiger partial charge < -0.3 is 24.6 Å². The molecule has 0 aromatic carbocycles. The van der Waals surface area contributed by atoms with Crippen molar-refractivity contribution in [3.63, 3.8) is 0 Å².